The summed E-state index contributed by atoms with van der Waals surface area (Å²) in [5, 5.41) is 15.7. The van der Waals surface area contributed by atoms with Crippen molar-refractivity contribution in [2.45, 2.75) is 24.3 Å². The summed E-state index contributed by atoms with van der Waals surface area (Å²) in [6, 6.07) is 17.5. The summed E-state index contributed by atoms with van der Waals surface area (Å²) < 4.78 is 24.1. The molecule has 1 unspecified atom stereocenters. The fraction of sp³-hybridized carbons (Fsp3) is 0.200. The number of carbonyl (C=O) groups is 2. The summed E-state index contributed by atoms with van der Waals surface area (Å²) >= 11 is 5.89. The smallest absolute Gasteiger partial charge is 0.337 e. The van der Waals surface area contributed by atoms with Crippen molar-refractivity contribution in [3.8, 4) is 0 Å². The summed E-state index contributed by atoms with van der Waals surface area (Å²) in [7, 11) is -3.38. The van der Waals surface area contributed by atoms with Gasteiger partial charge in [-0.25, -0.2) is 13.2 Å². The number of rotatable bonds is 9. The van der Waals surface area contributed by atoms with Crippen LogP contribution in [-0.2, 0) is 9.84 Å². The zero-order valence-corrected chi connectivity index (χ0v) is 20.3. The highest BCUT2D eigenvalue weighted by Gasteiger charge is 2.19. The van der Waals surface area contributed by atoms with E-state index in [1.807, 2.05) is 19.1 Å². The van der Waals surface area contributed by atoms with Crippen molar-refractivity contribution in [2.24, 2.45) is 0 Å². The molecule has 0 aliphatic rings. The van der Waals surface area contributed by atoms with Crippen molar-refractivity contribution in [1.29, 1.82) is 0 Å². The summed E-state index contributed by atoms with van der Waals surface area (Å²) in [5.74, 6) is -1.69. The molecule has 178 valence electrons. The summed E-state index contributed by atoms with van der Waals surface area (Å²) in [6.07, 6.45) is 2.02. The van der Waals surface area contributed by atoms with Crippen LogP contribution in [0.1, 0.15) is 51.2 Å². The Morgan fingerprint density at radius 3 is 2.32 bits per heavy atom. The van der Waals surface area contributed by atoms with Crippen LogP contribution in [0.4, 0.5) is 5.69 Å². The lowest BCUT2D eigenvalue weighted by molar-refractivity contribution is 0.0698. The third-order valence-electron chi connectivity index (χ3n) is 5.16. The number of carbonyl (C=O) groups excluding carboxylic acids is 1. The van der Waals surface area contributed by atoms with E-state index in [1.165, 1.54) is 18.2 Å². The topological polar surface area (TPSA) is 113 Å². The van der Waals surface area contributed by atoms with Crippen molar-refractivity contribution in [3.63, 3.8) is 0 Å². The molecular weight excluding hydrogens is 476 g/mol. The van der Waals surface area contributed by atoms with Gasteiger partial charge < -0.3 is 15.7 Å². The lowest BCUT2D eigenvalue weighted by atomic mass is 9.96. The summed E-state index contributed by atoms with van der Waals surface area (Å²) in [4.78, 5) is 24.7. The quantitative estimate of drug-likeness (QED) is 0.389. The summed E-state index contributed by atoms with van der Waals surface area (Å²) in [6.45, 7) is 2.70. The van der Waals surface area contributed by atoms with E-state index in [2.05, 4.69) is 10.6 Å². The minimum Gasteiger partial charge on any atom is -0.478 e. The average molecular weight is 501 g/mol. The Bertz CT molecular complexity index is 1320. The number of carboxylic acid groups (broad SMARTS) is 1. The lowest BCUT2D eigenvalue weighted by Gasteiger charge is -2.21. The zero-order valence-electron chi connectivity index (χ0n) is 18.7. The highest BCUT2D eigenvalue weighted by molar-refractivity contribution is 7.90. The second-order valence-corrected chi connectivity index (χ2v) is 10.3. The highest BCUT2D eigenvalue weighted by atomic mass is 35.5. The maximum absolute atomic E-state index is 12.9. The predicted molar refractivity (Wildman–Crippen MR) is 132 cm³/mol. The Morgan fingerprint density at radius 1 is 1.00 bits per heavy atom. The first-order valence-electron chi connectivity index (χ1n) is 10.6. The number of benzene rings is 3. The van der Waals surface area contributed by atoms with Gasteiger partial charge in [0.05, 0.1) is 22.2 Å². The molecule has 0 saturated heterocycles. The van der Waals surface area contributed by atoms with Gasteiger partial charge in [0.2, 0.25) is 0 Å². The molecule has 3 N–H and O–H groups in total. The Kier molecular flexibility index (Phi) is 8.09. The van der Waals surface area contributed by atoms with Crippen molar-refractivity contribution in [2.75, 3.05) is 18.1 Å². The van der Waals surface area contributed by atoms with Crippen LogP contribution >= 0.6 is 11.6 Å². The molecule has 0 radical (unpaired) electrons. The van der Waals surface area contributed by atoms with E-state index >= 15 is 0 Å². The van der Waals surface area contributed by atoms with Gasteiger partial charge in [0.15, 0.2) is 9.84 Å². The molecule has 0 fully saturated rings. The van der Waals surface area contributed by atoms with Crippen LogP contribution in [0.5, 0.6) is 0 Å². The van der Waals surface area contributed by atoms with Gasteiger partial charge in [-0.15, -0.1) is 0 Å². The number of amides is 1. The second kappa shape index (κ2) is 10.8. The first kappa shape index (κ1) is 25.4. The first-order valence-corrected chi connectivity index (χ1v) is 12.8. The molecule has 3 aromatic carbocycles. The Morgan fingerprint density at radius 2 is 1.68 bits per heavy atom. The molecule has 7 nitrogen and oxygen atoms in total. The predicted octanol–water partition coefficient (Wildman–Crippen LogP) is 4.78. The molecule has 3 rings (SSSR count). The van der Waals surface area contributed by atoms with E-state index in [4.69, 9.17) is 11.6 Å². The number of hydrogen-bond donors (Lipinski definition) is 3. The molecule has 9 heteroatoms. The maximum Gasteiger partial charge on any atom is 0.337 e. The van der Waals surface area contributed by atoms with Crippen LogP contribution in [0.25, 0.3) is 0 Å². The van der Waals surface area contributed by atoms with E-state index in [1.54, 1.807) is 36.4 Å². The number of nitrogens with one attached hydrogen (secondary N) is 2. The molecule has 1 atom stereocenters. The highest BCUT2D eigenvalue weighted by Crippen LogP contribution is 2.26. The van der Waals surface area contributed by atoms with E-state index in [0.29, 0.717) is 12.1 Å². The molecule has 34 heavy (non-hydrogen) atoms. The maximum atomic E-state index is 12.9. The summed E-state index contributed by atoms with van der Waals surface area (Å²) in [5.41, 5.74) is 1.86. The SMILES string of the molecule is CCCNC(c1cccc(C(=O)Nc2ccc(Cl)cc2C(=O)O)c1)c1cccc(S(C)(=O)=O)c1. The van der Waals surface area contributed by atoms with Crippen molar-refractivity contribution in [3.05, 3.63) is 94.0 Å². The van der Waals surface area contributed by atoms with Crippen molar-refractivity contribution in [1.82, 2.24) is 5.32 Å². The van der Waals surface area contributed by atoms with Crippen LogP contribution in [-0.4, -0.2) is 38.2 Å². The standard InChI is InChI=1S/C25H25ClN2O5S/c1-3-12-27-23(17-7-5-9-20(14-17)34(2,32)33)16-6-4-8-18(13-16)24(29)28-22-11-10-19(26)15-21(22)25(30)31/h4-11,13-15,23,27H,3,12H2,1-2H3,(H,28,29)(H,30,31). The van der Waals surface area contributed by atoms with Gasteiger partial charge >= 0.3 is 5.97 Å². The monoisotopic (exact) mass is 500 g/mol. The molecule has 0 bridgehead atoms. The van der Waals surface area contributed by atoms with Crippen LogP contribution in [0.2, 0.25) is 5.02 Å². The van der Waals surface area contributed by atoms with Gasteiger partial charge in [0.1, 0.15) is 0 Å². The molecule has 0 saturated carbocycles. The second-order valence-electron chi connectivity index (χ2n) is 7.81. The van der Waals surface area contributed by atoms with E-state index in [0.717, 1.165) is 23.8 Å². The number of sulfone groups is 1. The number of halogens is 1. The third kappa shape index (κ3) is 6.22. The molecule has 0 aromatic heterocycles. The van der Waals surface area contributed by atoms with Gasteiger partial charge in [0.25, 0.3) is 5.91 Å². The molecule has 0 heterocycles. The van der Waals surface area contributed by atoms with E-state index in [-0.39, 0.29) is 27.2 Å². The normalized spacial score (nSPS) is 12.2. The molecule has 1 amide bonds. The molecule has 0 aliphatic carbocycles. The average Bonchev–Trinajstić information content (AvgIpc) is 2.80. The van der Waals surface area contributed by atoms with Crippen LogP contribution < -0.4 is 10.6 Å². The van der Waals surface area contributed by atoms with Gasteiger partial charge in [0, 0.05) is 16.8 Å². The number of anilines is 1. The molecule has 0 spiro atoms. The fourth-order valence-electron chi connectivity index (χ4n) is 3.50. The van der Waals surface area contributed by atoms with Crippen molar-refractivity contribution < 1.29 is 23.1 Å². The van der Waals surface area contributed by atoms with Crippen LogP contribution in [0.3, 0.4) is 0 Å². The van der Waals surface area contributed by atoms with Gasteiger partial charge in [-0.2, -0.15) is 0 Å². The number of hydrogen-bond acceptors (Lipinski definition) is 5. The largest absolute Gasteiger partial charge is 0.478 e. The third-order valence-corrected chi connectivity index (χ3v) is 6.51. The zero-order chi connectivity index (χ0) is 24.9. The first-order chi connectivity index (χ1) is 16.1. The number of carboxylic acids is 1. The molecule has 0 aliphatic heterocycles. The van der Waals surface area contributed by atoms with E-state index < -0.39 is 21.7 Å². The lowest BCUT2D eigenvalue weighted by Crippen LogP contribution is -2.24. The minimum absolute atomic E-state index is 0.114. The van der Waals surface area contributed by atoms with Crippen molar-refractivity contribution >= 4 is 39.0 Å². The Hall–Kier alpha value is -3.20. The Balaban J connectivity index is 1.96. The fourth-order valence-corrected chi connectivity index (χ4v) is 4.35. The van der Waals surface area contributed by atoms with Gasteiger partial charge in [-0.1, -0.05) is 42.8 Å². The molecular formula is C25H25ClN2O5S. The Labute approximate surface area is 203 Å². The van der Waals surface area contributed by atoms with Gasteiger partial charge in [-0.05, 0) is 66.6 Å². The van der Waals surface area contributed by atoms with Crippen LogP contribution in [0, 0.1) is 0 Å². The molecule has 3 aromatic rings. The number of aromatic carboxylic acids is 1. The van der Waals surface area contributed by atoms with Crippen LogP contribution in [0.15, 0.2) is 71.6 Å². The van der Waals surface area contributed by atoms with Gasteiger partial charge in [-0.3, -0.25) is 4.79 Å². The van der Waals surface area contributed by atoms with E-state index in [9.17, 15) is 23.1 Å². The minimum atomic E-state index is -3.38.